The summed E-state index contributed by atoms with van der Waals surface area (Å²) in [6.45, 7) is 3.79. The SMILES string of the molecule is CCc1c(/C([O-])=N/[N+]2(C)CCCCC2)nn(-c2ccc(Cl)cc2Cl)c1-c1ccc(Br)s1. The maximum atomic E-state index is 13.4. The van der Waals surface area contributed by atoms with Crippen molar-refractivity contribution in [3.63, 3.8) is 0 Å². The highest BCUT2D eigenvalue weighted by Crippen LogP contribution is 2.38. The van der Waals surface area contributed by atoms with E-state index in [9.17, 15) is 5.11 Å². The van der Waals surface area contributed by atoms with Gasteiger partial charge >= 0.3 is 0 Å². The molecule has 0 bridgehead atoms. The van der Waals surface area contributed by atoms with Crippen molar-refractivity contribution in [3.8, 4) is 16.3 Å². The minimum absolute atomic E-state index is 0.276. The maximum absolute atomic E-state index is 13.4. The molecule has 0 spiro atoms. The summed E-state index contributed by atoms with van der Waals surface area (Å²) >= 11 is 17.8. The quantitative estimate of drug-likeness (QED) is 0.230. The zero-order valence-corrected chi connectivity index (χ0v) is 21.3. The van der Waals surface area contributed by atoms with Gasteiger partial charge in [-0.25, -0.2) is 9.27 Å². The van der Waals surface area contributed by atoms with E-state index in [1.807, 2.05) is 32.2 Å². The van der Waals surface area contributed by atoms with Gasteiger partial charge in [0.2, 0.25) is 0 Å². The molecule has 0 atom stereocenters. The van der Waals surface area contributed by atoms with Gasteiger partial charge in [-0.1, -0.05) is 35.2 Å². The number of piperidine rings is 1. The summed E-state index contributed by atoms with van der Waals surface area (Å²) in [6.07, 6.45) is 4.00. The summed E-state index contributed by atoms with van der Waals surface area (Å²) in [5, 5.41) is 23.7. The predicted octanol–water partition coefficient (Wildman–Crippen LogP) is 5.88. The van der Waals surface area contributed by atoms with Gasteiger partial charge in [0.25, 0.3) is 0 Å². The second kappa shape index (κ2) is 9.24. The number of hydrogen-bond donors (Lipinski definition) is 0. The largest absolute Gasteiger partial charge is 0.853 e. The van der Waals surface area contributed by atoms with Gasteiger partial charge in [0.05, 0.1) is 38.0 Å². The number of halogens is 3. The Balaban J connectivity index is 1.92. The number of quaternary nitrogens is 1. The summed E-state index contributed by atoms with van der Waals surface area (Å²) in [5.41, 5.74) is 2.80. The van der Waals surface area contributed by atoms with Crippen LogP contribution in [-0.2, 0) is 6.42 Å². The molecule has 3 aromatic rings. The lowest BCUT2D eigenvalue weighted by Crippen LogP contribution is -2.45. The lowest BCUT2D eigenvalue weighted by molar-refractivity contribution is -0.921. The molecule has 0 N–H and O–H groups in total. The van der Waals surface area contributed by atoms with E-state index in [1.165, 1.54) is 6.42 Å². The van der Waals surface area contributed by atoms with Gasteiger partial charge in [-0.05, 0) is 71.9 Å². The van der Waals surface area contributed by atoms with E-state index in [2.05, 4.69) is 21.0 Å². The normalized spacial score (nSPS) is 16.6. The first-order valence-corrected chi connectivity index (χ1v) is 12.6. The van der Waals surface area contributed by atoms with E-state index >= 15 is 0 Å². The summed E-state index contributed by atoms with van der Waals surface area (Å²) < 4.78 is 3.17. The monoisotopic (exact) mass is 540 g/mol. The highest BCUT2D eigenvalue weighted by molar-refractivity contribution is 9.11. The van der Waals surface area contributed by atoms with Crippen LogP contribution in [0, 0.1) is 0 Å². The Labute approximate surface area is 204 Å². The molecule has 1 aliphatic rings. The first-order chi connectivity index (χ1) is 14.8. The number of thiophene rings is 1. The molecule has 1 aromatic carbocycles. The fraction of sp³-hybridized carbons (Fsp3) is 0.364. The molecule has 3 heterocycles. The van der Waals surface area contributed by atoms with Crippen molar-refractivity contribution in [1.82, 2.24) is 9.78 Å². The third kappa shape index (κ3) is 4.71. The molecule has 4 rings (SSSR count). The van der Waals surface area contributed by atoms with Crippen molar-refractivity contribution in [2.45, 2.75) is 32.6 Å². The zero-order valence-electron chi connectivity index (χ0n) is 17.4. The van der Waals surface area contributed by atoms with E-state index in [0.29, 0.717) is 32.4 Å². The van der Waals surface area contributed by atoms with Gasteiger partial charge in [0.1, 0.15) is 18.8 Å². The molecule has 164 valence electrons. The predicted molar refractivity (Wildman–Crippen MR) is 130 cm³/mol. The first kappa shape index (κ1) is 22.8. The molecule has 0 unspecified atom stereocenters. The van der Waals surface area contributed by atoms with Crippen LogP contribution < -0.4 is 5.11 Å². The standard InChI is InChI=1S/C22H23BrCl2N4OS/c1-3-15-20(22(30)27-29(2)11-5-4-6-12-29)26-28(17-8-7-14(24)13-16(17)25)21(15)18-9-10-19(23)31-18/h7-10,13H,3-6,11-12H2,1-2H3. The average molecular weight is 542 g/mol. The van der Waals surface area contributed by atoms with Crippen LogP contribution in [0.3, 0.4) is 0 Å². The Kier molecular flexibility index (Phi) is 6.79. The number of nitrogens with zero attached hydrogens (tertiary/aromatic N) is 4. The molecule has 5 nitrogen and oxygen atoms in total. The Morgan fingerprint density at radius 2 is 1.97 bits per heavy atom. The molecule has 2 aromatic heterocycles. The van der Waals surface area contributed by atoms with Crippen LogP contribution in [-0.4, -0.2) is 40.4 Å². The van der Waals surface area contributed by atoms with Crippen molar-refractivity contribution < 1.29 is 9.70 Å². The fourth-order valence-corrected chi connectivity index (χ4v) is 5.97. The molecule has 1 aliphatic heterocycles. The van der Waals surface area contributed by atoms with E-state index in [0.717, 1.165) is 45.9 Å². The molecule has 0 saturated carbocycles. The van der Waals surface area contributed by atoms with Gasteiger partial charge in [0, 0.05) is 10.6 Å². The van der Waals surface area contributed by atoms with Crippen LogP contribution in [0.1, 0.15) is 37.4 Å². The Hall–Kier alpha value is -1.38. The summed E-state index contributed by atoms with van der Waals surface area (Å²) in [5.74, 6) is -0.276. The second-order valence-corrected chi connectivity index (χ2v) is 11.2. The molecule has 0 amide bonds. The molecule has 1 saturated heterocycles. The van der Waals surface area contributed by atoms with Gasteiger partial charge in [-0.15, -0.1) is 11.3 Å². The first-order valence-electron chi connectivity index (χ1n) is 10.3. The molecule has 0 aliphatic carbocycles. The van der Waals surface area contributed by atoms with Crippen molar-refractivity contribution >= 4 is 56.4 Å². The summed E-state index contributed by atoms with van der Waals surface area (Å²) in [4.78, 5) is 1.000. The second-order valence-electron chi connectivity index (χ2n) is 7.89. The maximum Gasteiger partial charge on any atom is 0.106 e. The Morgan fingerprint density at radius 3 is 2.58 bits per heavy atom. The smallest absolute Gasteiger partial charge is 0.106 e. The Bertz CT molecular complexity index is 1130. The van der Waals surface area contributed by atoms with Crippen LogP contribution in [0.5, 0.6) is 0 Å². The van der Waals surface area contributed by atoms with Crippen LogP contribution in [0.2, 0.25) is 10.0 Å². The zero-order chi connectivity index (χ0) is 22.2. The highest BCUT2D eigenvalue weighted by atomic mass is 79.9. The number of likely N-dealkylation sites (tertiary alicyclic amines) is 1. The van der Waals surface area contributed by atoms with E-state index in [4.69, 9.17) is 28.3 Å². The van der Waals surface area contributed by atoms with Crippen LogP contribution in [0.25, 0.3) is 16.3 Å². The molecule has 31 heavy (non-hydrogen) atoms. The third-order valence-electron chi connectivity index (χ3n) is 5.60. The van der Waals surface area contributed by atoms with E-state index in [-0.39, 0.29) is 5.90 Å². The van der Waals surface area contributed by atoms with Gasteiger partial charge < -0.3 is 5.11 Å². The molecular weight excluding hydrogens is 519 g/mol. The van der Waals surface area contributed by atoms with Crippen LogP contribution in [0.4, 0.5) is 0 Å². The van der Waals surface area contributed by atoms with E-state index < -0.39 is 0 Å². The average Bonchev–Trinajstić information content (AvgIpc) is 3.31. The minimum Gasteiger partial charge on any atom is -0.853 e. The molecule has 1 fully saturated rings. The number of hydrogen-bond acceptors (Lipinski definition) is 4. The van der Waals surface area contributed by atoms with E-state index in [1.54, 1.807) is 28.2 Å². The number of aromatic nitrogens is 2. The number of rotatable bonds is 5. The molecular formula is C22H23BrCl2N4OS. The summed E-state index contributed by atoms with van der Waals surface area (Å²) in [6, 6.07) is 9.30. The van der Waals surface area contributed by atoms with Crippen LogP contribution in [0.15, 0.2) is 39.2 Å². The summed E-state index contributed by atoms with van der Waals surface area (Å²) in [7, 11) is 2.02. The van der Waals surface area contributed by atoms with Gasteiger partial charge in [-0.2, -0.15) is 5.10 Å². The third-order valence-corrected chi connectivity index (χ3v) is 7.76. The van der Waals surface area contributed by atoms with Gasteiger partial charge in [0.15, 0.2) is 0 Å². The Morgan fingerprint density at radius 1 is 1.23 bits per heavy atom. The van der Waals surface area contributed by atoms with Crippen molar-refractivity contribution in [2.24, 2.45) is 5.10 Å². The van der Waals surface area contributed by atoms with Crippen molar-refractivity contribution in [1.29, 1.82) is 0 Å². The minimum atomic E-state index is -0.276. The van der Waals surface area contributed by atoms with Gasteiger partial charge in [-0.3, -0.25) is 0 Å². The number of benzene rings is 1. The molecule has 0 radical (unpaired) electrons. The fourth-order valence-electron chi connectivity index (χ4n) is 4.04. The highest BCUT2D eigenvalue weighted by Gasteiger charge is 2.27. The van der Waals surface area contributed by atoms with Crippen LogP contribution >= 0.6 is 50.5 Å². The molecule has 9 heteroatoms. The van der Waals surface area contributed by atoms with Crippen molar-refractivity contribution in [3.05, 3.63) is 55.4 Å². The lowest BCUT2D eigenvalue weighted by Gasteiger charge is -2.32. The lowest BCUT2D eigenvalue weighted by atomic mass is 10.1. The van der Waals surface area contributed by atoms with Crippen molar-refractivity contribution in [2.75, 3.05) is 20.1 Å². The topological polar surface area (TPSA) is 53.2 Å².